The fraction of sp³-hybridized carbons (Fsp3) is 0.0588. The molecule has 0 saturated heterocycles. The lowest BCUT2D eigenvalue weighted by Gasteiger charge is -2.04. The molecule has 21 heavy (non-hydrogen) atoms. The van der Waals surface area contributed by atoms with Crippen molar-refractivity contribution in [1.82, 2.24) is 0 Å². The molecular formula is C17H13FN2O. The van der Waals surface area contributed by atoms with Gasteiger partial charge in [0.2, 0.25) is 5.91 Å². The van der Waals surface area contributed by atoms with E-state index in [1.807, 2.05) is 18.2 Å². The lowest BCUT2D eigenvalue weighted by Crippen LogP contribution is -2.08. The highest BCUT2D eigenvalue weighted by Gasteiger charge is 2.07. The molecule has 0 bridgehead atoms. The molecule has 1 N–H and O–H groups in total. The van der Waals surface area contributed by atoms with Crippen LogP contribution < -0.4 is 5.32 Å². The van der Waals surface area contributed by atoms with Gasteiger partial charge in [0.25, 0.3) is 0 Å². The van der Waals surface area contributed by atoms with Crippen molar-refractivity contribution in [3.63, 3.8) is 0 Å². The first-order valence-electron chi connectivity index (χ1n) is 6.59. The number of nitrogens with zero attached hydrogens (tertiary/aromatic N) is 1. The summed E-state index contributed by atoms with van der Waals surface area (Å²) in [5, 5.41) is 2.75. The highest BCUT2D eigenvalue weighted by molar-refractivity contribution is 6.02. The quantitative estimate of drug-likeness (QED) is 0.860. The Morgan fingerprint density at radius 1 is 1.24 bits per heavy atom. The highest BCUT2D eigenvalue weighted by Crippen LogP contribution is 2.19. The summed E-state index contributed by atoms with van der Waals surface area (Å²) >= 11 is 0. The SMILES string of the molecule is O=C(/C=C/c1ccccc1F)Nc1ccc2c(c1)C=NC2. The fourth-order valence-corrected chi connectivity index (χ4v) is 2.14. The van der Waals surface area contributed by atoms with Crippen LogP contribution in [0.25, 0.3) is 6.08 Å². The number of fused-ring (bicyclic) bond motifs is 1. The zero-order valence-corrected chi connectivity index (χ0v) is 11.2. The smallest absolute Gasteiger partial charge is 0.248 e. The van der Waals surface area contributed by atoms with Crippen LogP contribution in [0.5, 0.6) is 0 Å². The summed E-state index contributed by atoms with van der Waals surface area (Å²) in [4.78, 5) is 16.0. The molecular weight excluding hydrogens is 267 g/mol. The van der Waals surface area contributed by atoms with Crippen LogP contribution in [0, 0.1) is 5.82 Å². The predicted molar refractivity (Wildman–Crippen MR) is 81.8 cm³/mol. The monoisotopic (exact) mass is 280 g/mol. The van der Waals surface area contributed by atoms with Gasteiger partial charge in [-0.25, -0.2) is 4.39 Å². The van der Waals surface area contributed by atoms with E-state index < -0.39 is 0 Å². The normalized spacial score (nSPS) is 12.6. The number of halogens is 1. The molecule has 2 aromatic carbocycles. The Kier molecular flexibility index (Phi) is 3.60. The van der Waals surface area contributed by atoms with Gasteiger partial charge < -0.3 is 5.32 Å². The van der Waals surface area contributed by atoms with Crippen molar-refractivity contribution >= 4 is 23.9 Å². The molecule has 0 atom stereocenters. The molecule has 2 aromatic rings. The van der Waals surface area contributed by atoms with Crippen LogP contribution in [0.3, 0.4) is 0 Å². The Morgan fingerprint density at radius 3 is 2.95 bits per heavy atom. The van der Waals surface area contributed by atoms with Gasteiger partial charge in [0.15, 0.2) is 0 Å². The number of hydrogen-bond acceptors (Lipinski definition) is 2. The van der Waals surface area contributed by atoms with Gasteiger partial charge in [-0.1, -0.05) is 24.3 Å². The second-order valence-electron chi connectivity index (χ2n) is 4.73. The number of anilines is 1. The third-order valence-electron chi connectivity index (χ3n) is 3.22. The highest BCUT2D eigenvalue weighted by atomic mass is 19.1. The summed E-state index contributed by atoms with van der Waals surface area (Å²) in [6, 6.07) is 12.0. The Hall–Kier alpha value is -2.75. The van der Waals surface area contributed by atoms with E-state index in [4.69, 9.17) is 0 Å². The first kappa shape index (κ1) is 13.2. The predicted octanol–water partition coefficient (Wildman–Crippen LogP) is 3.41. The van der Waals surface area contributed by atoms with E-state index >= 15 is 0 Å². The number of carbonyl (C=O) groups is 1. The minimum atomic E-state index is -0.352. The minimum Gasteiger partial charge on any atom is -0.322 e. The van der Waals surface area contributed by atoms with Crippen molar-refractivity contribution in [3.8, 4) is 0 Å². The Bertz CT molecular complexity index is 750. The second-order valence-corrected chi connectivity index (χ2v) is 4.73. The molecule has 0 radical (unpaired) electrons. The van der Waals surface area contributed by atoms with Crippen molar-refractivity contribution in [2.45, 2.75) is 6.54 Å². The molecule has 1 amide bonds. The van der Waals surface area contributed by atoms with E-state index in [-0.39, 0.29) is 11.7 Å². The number of hydrogen-bond donors (Lipinski definition) is 1. The van der Waals surface area contributed by atoms with Gasteiger partial charge in [0.1, 0.15) is 5.82 Å². The Morgan fingerprint density at radius 2 is 2.10 bits per heavy atom. The van der Waals surface area contributed by atoms with E-state index in [9.17, 15) is 9.18 Å². The second kappa shape index (κ2) is 5.71. The largest absolute Gasteiger partial charge is 0.322 e. The molecule has 0 unspecified atom stereocenters. The van der Waals surface area contributed by atoms with Gasteiger partial charge in [-0.15, -0.1) is 0 Å². The van der Waals surface area contributed by atoms with Crippen LogP contribution >= 0.6 is 0 Å². The number of carbonyl (C=O) groups excluding carboxylic acids is 1. The lowest BCUT2D eigenvalue weighted by atomic mass is 10.1. The molecule has 0 fully saturated rings. The maximum atomic E-state index is 13.4. The summed E-state index contributed by atoms with van der Waals surface area (Å²) in [5.74, 6) is -0.650. The van der Waals surface area contributed by atoms with Crippen LogP contribution in [0.2, 0.25) is 0 Å². The van der Waals surface area contributed by atoms with E-state index in [2.05, 4.69) is 10.3 Å². The average molecular weight is 280 g/mol. The maximum absolute atomic E-state index is 13.4. The van der Waals surface area contributed by atoms with Crippen molar-refractivity contribution in [2.24, 2.45) is 4.99 Å². The molecule has 3 rings (SSSR count). The molecule has 0 spiro atoms. The van der Waals surface area contributed by atoms with Gasteiger partial charge in [-0.05, 0) is 35.4 Å². The van der Waals surface area contributed by atoms with Crippen LogP contribution in [0.15, 0.2) is 53.5 Å². The molecule has 4 heteroatoms. The standard InChI is InChI=1S/C17H13FN2O/c18-16-4-2-1-3-12(16)6-8-17(21)20-15-7-5-13-10-19-11-14(13)9-15/h1-9,11H,10H2,(H,20,21)/b8-6+. The van der Waals surface area contributed by atoms with Crippen LogP contribution in [-0.2, 0) is 11.3 Å². The number of benzene rings is 2. The summed E-state index contributed by atoms with van der Waals surface area (Å²) in [6.45, 7) is 0.691. The third-order valence-corrected chi connectivity index (χ3v) is 3.22. The summed E-state index contributed by atoms with van der Waals surface area (Å²) in [7, 11) is 0. The molecule has 3 nitrogen and oxygen atoms in total. The topological polar surface area (TPSA) is 41.5 Å². The van der Waals surface area contributed by atoms with E-state index in [1.54, 1.807) is 24.4 Å². The van der Waals surface area contributed by atoms with Crippen LogP contribution in [0.4, 0.5) is 10.1 Å². The maximum Gasteiger partial charge on any atom is 0.248 e. The number of nitrogens with one attached hydrogen (secondary N) is 1. The van der Waals surface area contributed by atoms with Gasteiger partial charge >= 0.3 is 0 Å². The van der Waals surface area contributed by atoms with E-state index in [1.165, 1.54) is 18.2 Å². The van der Waals surface area contributed by atoms with Gasteiger partial charge in [0.05, 0.1) is 6.54 Å². The lowest BCUT2D eigenvalue weighted by molar-refractivity contribution is -0.111. The van der Waals surface area contributed by atoms with Crippen LogP contribution in [-0.4, -0.2) is 12.1 Å². The first-order valence-corrected chi connectivity index (χ1v) is 6.59. The van der Waals surface area contributed by atoms with Crippen molar-refractivity contribution in [3.05, 3.63) is 71.0 Å². The molecule has 0 aliphatic carbocycles. The minimum absolute atomic E-state index is 0.298. The van der Waals surface area contributed by atoms with E-state index in [0.717, 1.165) is 11.1 Å². The van der Waals surface area contributed by atoms with Gasteiger partial charge in [-0.2, -0.15) is 0 Å². The first-order chi connectivity index (χ1) is 10.2. The number of amides is 1. The zero-order chi connectivity index (χ0) is 14.7. The number of aliphatic imine (C=N–C) groups is 1. The molecule has 0 aromatic heterocycles. The van der Waals surface area contributed by atoms with E-state index in [0.29, 0.717) is 17.8 Å². The fourth-order valence-electron chi connectivity index (χ4n) is 2.14. The van der Waals surface area contributed by atoms with Gasteiger partial charge in [-0.3, -0.25) is 9.79 Å². The summed E-state index contributed by atoms with van der Waals surface area (Å²) in [6.07, 6.45) is 4.57. The molecule has 1 heterocycles. The zero-order valence-electron chi connectivity index (χ0n) is 11.2. The van der Waals surface area contributed by atoms with Crippen molar-refractivity contribution in [2.75, 3.05) is 5.32 Å². The summed E-state index contributed by atoms with van der Waals surface area (Å²) < 4.78 is 13.4. The molecule has 0 saturated carbocycles. The molecule has 1 aliphatic heterocycles. The summed E-state index contributed by atoms with van der Waals surface area (Å²) in [5.41, 5.74) is 3.25. The van der Waals surface area contributed by atoms with Crippen molar-refractivity contribution in [1.29, 1.82) is 0 Å². The van der Waals surface area contributed by atoms with Crippen molar-refractivity contribution < 1.29 is 9.18 Å². The molecule has 104 valence electrons. The third kappa shape index (κ3) is 3.05. The average Bonchev–Trinajstić information content (AvgIpc) is 2.94. The Balaban J connectivity index is 1.69. The van der Waals surface area contributed by atoms with Crippen LogP contribution in [0.1, 0.15) is 16.7 Å². The molecule has 1 aliphatic rings. The number of rotatable bonds is 3. The Labute approximate surface area is 121 Å². The van der Waals surface area contributed by atoms with Gasteiger partial charge in [0, 0.05) is 23.5 Å².